The fourth-order valence-corrected chi connectivity index (χ4v) is 3.94. The van der Waals surface area contributed by atoms with E-state index >= 15 is 0 Å². The van der Waals surface area contributed by atoms with E-state index in [0.29, 0.717) is 39.2 Å². The third-order valence-corrected chi connectivity index (χ3v) is 5.78. The summed E-state index contributed by atoms with van der Waals surface area (Å²) in [6, 6.07) is 7.01. The number of rotatable bonds is 7. The number of thiazole rings is 1. The third kappa shape index (κ3) is 4.34. The molecule has 1 heterocycles. The molecule has 1 saturated carbocycles. The fourth-order valence-electron chi connectivity index (χ4n) is 2.94. The van der Waals surface area contributed by atoms with E-state index in [9.17, 15) is 9.59 Å². The first-order chi connectivity index (χ1) is 12.4. The van der Waals surface area contributed by atoms with Crippen molar-refractivity contribution >= 4 is 34.8 Å². The molecule has 0 spiro atoms. The number of carboxylic acid groups (broad SMARTS) is 1. The van der Waals surface area contributed by atoms with E-state index in [-0.39, 0.29) is 18.9 Å². The first-order valence-corrected chi connectivity index (χ1v) is 9.45. The summed E-state index contributed by atoms with van der Waals surface area (Å²) in [7, 11) is 0. The molecule has 26 heavy (non-hydrogen) atoms. The number of carbonyl (C=O) groups is 2. The van der Waals surface area contributed by atoms with Crippen molar-refractivity contribution < 1.29 is 19.4 Å². The van der Waals surface area contributed by atoms with Crippen LogP contribution in [0.5, 0.6) is 5.75 Å². The number of ether oxygens (including phenoxy) is 1. The summed E-state index contributed by atoms with van der Waals surface area (Å²) in [4.78, 5) is 28.5. The Balaban J connectivity index is 1.64. The Morgan fingerprint density at radius 1 is 1.35 bits per heavy atom. The lowest BCUT2D eigenvalue weighted by Crippen LogP contribution is -2.54. The second kappa shape index (κ2) is 7.63. The highest BCUT2D eigenvalue weighted by atomic mass is 35.5. The molecular weight excluding hydrogens is 376 g/mol. The van der Waals surface area contributed by atoms with Crippen molar-refractivity contribution in [1.29, 1.82) is 0 Å². The monoisotopic (exact) mass is 394 g/mol. The van der Waals surface area contributed by atoms with Crippen molar-refractivity contribution in [3.8, 4) is 5.75 Å². The summed E-state index contributed by atoms with van der Waals surface area (Å²) in [6.45, 7) is 2.02. The Bertz CT molecular complexity index is 815. The highest BCUT2D eigenvalue weighted by Crippen LogP contribution is 2.35. The van der Waals surface area contributed by atoms with E-state index < -0.39 is 11.5 Å². The van der Waals surface area contributed by atoms with Crippen LogP contribution >= 0.6 is 22.9 Å². The molecule has 0 saturated heterocycles. The number of amides is 1. The number of nitrogens with one attached hydrogen (secondary N) is 1. The van der Waals surface area contributed by atoms with Crippen molar-refractivity contribution in [2.45, 2.75) is 44.8 Å². The zero-order valence-electron chi connectivity index (χ0n) is 14.3. The van der Waals surface area contributed by atoms with E-state index in [1.807, 2.05) is 0 Å². The van der Waals surface area contributed by atoms with Gasteiger partial charge in [-0.2, -0.15) is 0 Å². The first kappa shape index (κ1) is 18.7. The lowest BCUT2D eigenvalue weighted by Gasteiger charge is -2.41. The number of aliphatic carboxylic acids is 1. The molecule has 1 aromatic heterocycles. The minimum Gasteiger partial charge on any atom is -0.486 e. The maximum absolute atomic E-state index is 12.6. The molecule has 2 aromatic rings. The molecular formula is C18H19ClN2O4S. The lowest BCUT2D eigenvalue weighted by molar-refractivity contribution is -0.139. The number of hydrogen-bond acceptors (Lipinski definition) is 5. The minimum atomic E-state index is -0.900. The second-order valence-electron chi connectivity index (χ2n) is 6.42. The van der Waals surface area contributed by atoms with E-state index in [1.165, 1.54) is 11.3 Å². The van der Waals surface area contributed by atoms with Gasteiger partial charge in [-0.3, -0.25) is 9.59 Å². The predicted octanol–water partition coefficient (Wildman–Crippen LogP) is 3.81. The van der Waals surface area contributed by atoms with Gasteiger partial charge in [-0.05, 0) is 50.5 Å². The van der Waals surface area contributed by atoms with Crippen LogP contribution in [0.1, 0.15) is 46.1 Å². The topological polar surface area (TPSA) is 88.5 Å². The van der Waals surface area contributed by atoms with Gasteiger partial charge in [-0.1, -0.05) is 11.6 Å². The van der Waals surface area contributed by atoms with Crippen molar-refractivity contribution in [3.05, 3.63) is 44.9 Å². The van der Waals surface area contributed by atoms with Gasteiger partial charge in [0.25, 0.3) is 5.91 Å². The average molecular weight is 395 g/mol. The summed E-state index contributed by atoms with van der Waals surface area (Å²) in [5, 5.41) is 13.3. The highest BCUT2D eigenvalue weighted by molar-refractivity contribution is 7.13. The van der Waals surface area contributed by atoms with E-state index in [4.69, 9.17) is 21.4 Å². The number of carboxylic acids is 1. The summed E-state index contributed by atoms with van der Waals surface area (Å²) >= 11 is 7.10. The van der Waals surface area contributed by atoms with Gasteiger partial charge in [0.2, 0.25) is 0 Å². The van der Waals surface area contributed by atoms with Crippen LogP contribution in [0.2, 0.25) is 5.02 Å². The summed E-state index contributed by atoms with van der Waals surface area (Å²) in [5.74, 6) is -0.495. The van der Waals surface area contributed by atoms with Crippen LogP contribution in [0.3, 0.4) is 0 Å². The van der Waals surface area contributed by atoms with Gasteiger partial charge in [0.1, 0.15) is 22.2 Å². The van der Waals surface area contributed by atoms with Gasteiger partial charge in [-0.25, -0.2) is 4.98 Å². The number of aryl methyl sites for hydroxylation is 1. The normalized spacial score (nSPS) is 15.2. The van der Waals surface area contributed by atoms with Gasteiger partial charge >= 0.3 is 5.97 Å². The largest absolute Gasteiger partial charge is 0.486 e. The van der Waals surface area contributed by atoms with Crippen molar-refractivity contribution in [3.63, 3.8) is 0 Å². The maximum atomic E-state index is 12.6. The Hall–Kier alpha value is -2.12. The molecule has 0 bridgehead atoms. The van der Waals surface area contributed by atoms with Gasteiger partial charge in [0, 0.05) is 5.02 Å². The molecule has 1 amide bonds. The van der Waals surface area contributed by atoms with Crippen LogP contribution in [-0.4, -0.2) is 27.5 Å². The molecule has 1 aliphatic carbocycles. The van der Waals surface area contributed by atoms with Gasteiger partial charge in [0.05, 0.1) is 17.7 Å². The molecule has 0 aliphatic heterocycles. The Morgan fingerprint density at radius 3 is 2.62 bits per heavy atom. The van der Waals surface area contributed by atoms with Crippen LogP contribution in [0, 0.1) is 6.92 Å². The standard InChI is InChI=1S/C18H19ClN2O4S/c1-11-16(17(24)21-18(7-2-8-18)9-15(22)23)26-14(20-11)10-25-13-5-3-12(19)4-6-13/h3-6H,2,7-10H2,1H3,(H,21,24)(H,22,23). The molecule has 3 rings (SSSR count). The molecule has 1 aliphatic rings. The molecule has 0 atom stereocenters. The number of nitrogens with zero attached hydrogens (tertiary/aromatic N) is 1. The molecule has 1 fully saturated rings. The Kier molecular flexibility index (Phi) is 5.48. The van der Waals surface area contributed by atoms with Crippen molar-refractivity contribution in [1.82, 2.24) is 10.3 Å². The van der Waals surface area contributed by atoms with Gasteiger partial charge in [-0.15, -0.1) is 11.3 Å². The van der Waals surface area contributed by atoms with Crippen molar-refractivity contribution in [2.75, 3.05) is 0 Å². The molecule has 1 aromatic carbocycles. The van der Waals surface area contributed by atoms with Crippen LogP contribution in [0.25, 0.3) is 0 Å². The highest BCUT2D eigenvalue weighted by Gasteiger charge is 2.41. The minimum absolute atomic E-state index is 0.0525. The zero-order chi connectivity index (χ0) is 18.7. The van der Waals surface area contributed by atoms with E-state index in [0.717, 1.165) is 6.42 Å². The number of carbonyl (C=O) groups excluding carboxylic acids is 1. The summed E-state index contributed by atoms with van der Waals surface area (Å²) < 4.78 is 5.66. The third-order valence-electron chi connectivity index (χ3n) is 4.40. The molecule has 6 nitrogen and oxygen atoms in total. The number of halogens is 1. The first-order valence-electron chi connectivity index (χ1n) is 8.26. The molecule has 0 radical (unpaired) electrons. The zero-order valence-corrected chi connectivity index (χ0v) is 15.8. The fraction of sp³-hybridized carbons (Fsp3) is 0.389. The lowest BCUT2D eigenvalue weighted by atomic mass is 9.74. The van der Waals surface area contributed by atoms with E-state index in [2.05, 4.69) is 10.3 Å². The Labute approximate surface area is 160 Å². The Morgan fingerprint density at radius 2 is 2.04 bits per heavy atom. The second-order valence-corrected chi connectivity index (χ2v) is 7.94. The predicted molar refractivity (Wildman–Crippen MR) is 98.9 cm³/mol. The van der Waals surface area contributed by atoms with Crippen LogP contribution in [-0.2, 0) is 11.4 Å². The number of aromatic nitrogens is 1. The molecule has 2 N–H and O–H groups in total. The van der Waals surface area contributed by atoms with Crippen LogP contribution in [0.4, 0.5) is 0 Å². The summed E-state index contributed by atoms with van der Waals surface area (Å²) in [5.41, 5.74) is -0.00808. The van der Waals surface area contributed by atoms with Gasteiger partial charge < -0.3 is 15.2 Å². The molecule has 138 valence electrons. The SMILES string of the molecule is Cc1nc(COc2ccc(Cl)cc2)sc1C(=O)NC1(CC(=O)O)CCC1. The quantitative estimate of drug-likeness (QED) is 0.745. The smallest absolute Gasteiger partial charge is 0.305 e. The van der Waals surface area contributed by atoms with Crippen LogP contribution < -0.4 is 10.1 Å². The maximum Gasteiger partial charge on any atom is 0.305 e. The average Bonchev–Trinajstić information content (AvgIpc) is 2.93. The van der Waals surface area contributed by atoms with E-state index in [1.54, 1.807) is 31.2 Å². The van der Waals surface area contributed by atoms with Crippen molar-refractivity contribution in [2.24, 2.45) is 0 Å². The van der Waals surface area contributed by atoms with Gasteiger partial charge in [0.15, 0.2) is 0 Å². The number of benzene rings is 1. The molecule has 0 unspecified atom stereocenters. The summed E-state index contributed by atoms with van der Waals surface area (Å²) in [6.07, 6.45) is 2.25. The van der Waals surface area contributed by atoms with Crippen LogP contribution in [0.15, 0.2) is 24.3 Å². The molecule has 8 heteroatoms. The number of hydrogen-bond donors (Lipinski definition) is 2.